The molecule has 0 fully saturated rings. The van der Waals surface area contributed by atoms with Crippen molar-refractivity contribution in [2.24, 2.45) is 5.41 Å². The second-order valence-corrected chi connectivity index (χ2v) is 10.7. The summed E-state index contributed by atoms with van der Waals surface area (Å²) in [6.07, 6.45) is 1.06. The Morgan fingerprint density at radius 2 is 1.73 bits per heavy atom. The van der Waals surface area contributed by atoms with Crippen LogP contribution < -0.4 is 10.2 Å². The molecule has 7 nitrogen and oxygen atoms in total. The van der Waals surface area contributed by atoms with E-state index >= 15 is 0 Å². The molecule has 5 rings (SSSR count). The molecule has 3 aromatic rings. The van der Waals surface area contributed by atoms with Gasteiger partial charge in [0.15, 0.2) is 5.78 Å². The lowest BCUT2D eigenvalue weighted by Gasteiger charge is -2.37. The second-order valence-electron chi connectivity index (χ2n) is 10.3. The van der Waals surface area contributed by atoms with E-state index in [1.807, 2.05) is 36.4 Å². The van der Waals surface area contributed by atoms with E-state index in [2.05, 4.69) is 19.2 Å². The molecule has 1 aliphatic carbocycles. The van der Waals surface area contributed by atoms with Gasteiger partial charge in [0.25, 0.3) is 5.69 Å². The number of amides is 1. The molecule has 0 saturated heterocycles. The van der Waals surface area contributed by atoms with E-state index in [4.69, 9.17) is 11.6 Å². The number of benzene rings is 3. The summed E-state index contributed by atoms with van der Waals surface area (Å²) in [7, 11) is 0. The topological polar surface area (TPSA) is 92.6 Å². The fourth-order valence-corrected chi connectivity index (χ4v) is 5.34. The average Bonchev–Trinajstić information content (AvgIpc) is 2.99. The van der Waals surface area contributed by atoms with Crippen LogP contribution in [0.3, 0.4) is 0 Å². The van der Waals surface area contributed by atoms with E-state index < -0.39 is 11.0 Å². The van der Waals surface area contributed by atoms with Gasteiger partial charge in [0.1, 0.15) is 0 Å². The van der Waals surface area contributed by atoms with E-state index in [1.54, 1.807) is 29.2 Å². The number of fused-ring (bicyclic) bond motifs is 1. The van der Waals surface area contributed by atoms with Crippen molar-refractivity contribution >= 4 is 40.4 Å². The van der Waals surface area contributed by atoms with Gasteiger partial charge in [-0.25, -0.2) is 0 Å². The molecule has 0 aromatic heterocycles. The molecule has 1 heterocycles. The lowest BCUT2D eigenvalue weighted by atomic mass is 9.73. The molecule has 1 aliphatic heterocycles. The number of hydrogen-bond donors (Lipinski definition) is 1. The number of nitro benzene ring substituents is 1. The van der Waals surface area contributed by atoms with Gasteiger partial charge >= 0.3 is 0 Å². The highest BCUT2D eigenvalue weighted by Gasteiger charge is 2.43. The zero-order valence-electron chi connectivity index (χ0n) is 20.5. The first-order valence-electron chi connectivity index (χ1n) is 12.1. The Bertz CT molecular complexity index is 1430. The maximum Gasteiger partial charge on any atom is 0.269 e. The van der Waals surface area contributed by atoms with Crippen molar-refractivity contribution in [2.45, 2.75) is 39.2 Å². The summed E-state index contributed by atoms with van der Waals surface area (Å²) in [6, 6.07) is 19.9. The highest BCUT2D eigenvalue weighted by Crippen LogP contribution is 2.48. The summed E-state index contributed by atoms with van der Waals surface area (Å²) >= 11 is 6.04. The van der Waals surface area contributed by atoms with Gasteiger partial charge in [-0.15, -0.1) is 0 Å². The number of carbonyl (C=O) groups excluding carboxylic acids is 2. The van der Waals surface area contributed by atoms with Gasteiger partial charge in [-0.1, -0.05) is 49.7 Å². The predicted molar refractivity (Wildman–Crippen MR) is 144 cm³/mol. The minimum atomic E-state index is -0.740. The first-order chi connectivity index (χ1) is 17.6. The molecule has 1 atom stereocenters. The van der Waals surface area contributed by atoms with E-state index in [0.717, 1.165) is 16.9 Å². The maximum atomic E-state index is 14.1. The largest absolute Gasteiger partial charge is 0.357 e. The van der Waals surface area contributed by atoms with Crippen molar-refractivity contribution in [1.82, 2.24) is 0 Å². The van der Waals surface area contributed by atoms with Gasteiger partial charge in [0.2, 0.25) is 5.91 Å². The molecule has 0 unspecified atom stereocenters. The van der Waals surface area contributed by atoms with E-state index in [9.17, 15) is 19.7 Å². The second kappa shape index (κ2) is 9.48. The zero-order valence-corrected chi connectivity index (χ0v) is 21.3. The lowest BCUT2D eigenvalue weighted by molar-refractivity contribution is -0.384. The summed E-state index contributed by atoms with van der Waals surface area (Å²) in [5.41, 5.74) is 3.79. The van der Waals surface area contributed by atoms with Crippen molar-refractivity contribution < 1.29 is 14.5 Å². The molecule has 37 heavy (non-hydrogen) atoms. The van der Waals surface area contributed by atoms with Crippen LogP contribution in [-0.2, 0) is 16.0 Å². The average molecular weight is 516 g/mol. The highest BCUT2D eigenvalue weighted by molar-refractivity contribution is 6.30. The van der Waals surface area contributed by atoms with Gasteiger partial charge in [0, 0.05) is 34.8 Å². The number of nitro groups is 1. The molecular weight excluding hydrogens is 490 g/mol. The lowest BCUT2D eigenvalue weighted by Crippen LogP contribution is -2.40. The number of non-ortho nitro benzene ring substituents is 1. The van der Waals surface area contributed by atoms with Gasteiger partial charge in [0.05, 0.1) is 28.8 Å². The minimum Gasteiger partial charge on any atom is -0.357 e. The van der Waals surface area contributed by atoms with Crippen LogP contribution in [0.2, 0.25) is 5.02 Å². The molecule has 188 valence electrons. The van der Waals surface area contributed by atoms with Crippen LogP contribution in [0.15, 0.2) is 84.1 Å². The van der Waals surface area contributed by atoms with E-state index in [0.29, 0.717) is 34.7 Å². The van der Waals surface area contributed by atoms with Gasteiger partial charge in [-0.2, -0.15) is 0 Å². The van der Waals surface area contributed by atoms with Gasteiger partial charge in [-0.05, 0) is 59.4 Å². The Balaban J connectivity index is 1.70. The van der Waals surface area contributed by atoms with Crippen LogP contribution in [0.1, 0.15) is 43.9 Å². The fourth-order valence-electron chi connectivity index (χ4n) is 5.22. The maximum absolute atomic E-state index is 14.1. The quantitative estimate of drug-likeness (QED) is 0.311. The normalized spacial score (nSPS) is 18.4. The minimum absolute atomic E-state index is 0.0424. The van der Waals surface area contributed by atoms with Crippen molar-refractivity contribution in [3.05, 3.63) is 110 Å². The highest BCUT2D eigenvalue weighted by atomic mass is 35.5. The van der Waals surface area contributed by atoms with Crippen molar-refractivity contribution in [2.75, 3.05) is 10.2 Å². The van der Waals surface area contributed by atoms with E-state index in [-0.39, 0.29) is 29.2 Å². The molecule has 0 spiro atoms. The number of para-hydroxylation sites is 2. The standard InChI is InChI=1S/C29H26ClN3O4/c1-29(2)16-23-27(25(34)17-29)28(19-9-13-21(14-10-19)33(36)37)32(24-6-4-3-5-22(24)31-23)26(35)15-18-7-11-20(30)12-8-18/h3-14,28,31H,15-17H2,1-2H3/t28-/m0/s1. The first-order valence-corrected chi connectivity index (χ1v) is 12.4. The smallest absolute Gasteiger partial charge is 0.269 e. The molecule has 1 N–H and O–H groups in total. The number of carbonyl (C=O) groups is 2. The number of halogens is 1. The number of Topliss-reactive ketones (excluding diaryl/α,β-unsaturated/α-hetero) is 1. The number of ketones is 1. The SMILES string of the molecule is CC1(C)CC(=O)C2=C(C1)Nc1ccccc1N(C(=O)Cc1ccc(Cl)cc1)[C@H]2c1ccc([N+](=O)[O-])cc1. The summed E-state index contributed by atoms with van der Waals surface area (Å²) in [5.74, 6) is -0.245. The third-order valence-electron chi connectivity index (χ3n) is 6.86. The Kier molecular flexibility index (Phi) is 6.33. The van der Waals surface area contributed by atoms with Crippen LogP contribution in [0, 0.1) is 15.5 Å². The first kappa shape index (κ1) is 24.7. The van der Waals surface area contributed by atoms with Crippen LogP contribution in [-0.4, -0.2) is 16.6 Å². The molecule has 0 bridgehead atoms. The molecule has 0 saturated carbocycles. The summed E-state index contributed by atoms with van der Waals surface area (Å²) in [5, 5.41) is 15.4. The fraction of sp³-hybridized carbons (Fsp3) is 0.241. The van der Waals surface area contributed by atoms with E-state index in [1.165, 1.54) is 12.1 Å². The monoisotopic (exact) mass is 515 g/mol. The number of allylic oxidation sites excluding steroid dienone is 1. The zero-order chi connectivity index (χ0) is 26.3. The molecule has 8 heteroatoms. The Morgan fingerprint density at radius 3 is 2.41 bits per heavy atom. The summed E-state index contributed by atoms with van der Waals surface area (Å²) in [6.45, 7) is 4.11. The van der Waals surface area contributed by atoms with Crippen LogP contribution in [0.5, 0.6) is 0 Å². The number of nitrogens with one attached hydrogen (secondary N) is 1. The van der Waals surface area contributed by atoms with Crippen LogP contribution >= 0.6 is 11.6 Å². The number of hydrogen-bond acceptors (Lipinski definition) is 5. The van der Waals surface area contributed by atoms with Gasteiger partial charge in [-0.3, -0.25) is 24.6 Å². The number of nitrogens with zero attached hydrogens (tertiary/aromatic N) is 2. The van der Waals surface area contributed by atoms with Crippen molar-refractivity contribution in [3.8, 4) is 0 Å². The molecule has 1 amide bonds. The van der Waals surface area contributed by atoms with Crippen LogP contribution in [0.4, 0.5) is 17.1 Å². The number of rotatable bonds is 4. The molecule has 0 radical (unpaired) electrons. The van der Waals surface area contributed by atoms with Crippen molar-refractivity contribution in [1.29, 1.82) is 0 Å². The van der Waals surface area contributed by atoms with Gasteiger partial charge < -0.3 is 5.32 Å². The predicted octanol–water partition coefficient (Wildman–Crippen LogP) is 6.63. The Labute approximate surface area is 219 Å². The molecule has 2 aliphatic rings. The summed E-state index contributed by atoms with van der Waals surface area (Å²) < 4.78 is 0. The molecular formula is C29H26ClN3O4. The summed E-state index contributed by atoms with van der Waals surface area (Å²) in [4.78, 5) is 40.3. The number of anilines is 2. The third-order valence-corrected chi connectivity index (χ3v) is 7.11. The molecule has 3 aromatic carbocycles. The van der Waals surface area contributed by atoms with Crippen LogP contribution in [0.25, 0.3) is 0 Å². The van der Waals surface area contributed by atoms with Crippen molar-refractivity contribution in [3.63, 3.8) is 0 Å². The Hall–Kier alpha value is -3.97. The third kappa shape index (κ3) is 4.87. The Morgan fingerprint density at radius 1 is 1.05 bits per heavy atom.